The molecule has 7 nitrogen and oxygen atoms in total. The normalized spacial score (nSPS) is 13.4. The number of benzene rings is 1. The lowest BCUT2D eigenvalue weighted by Crippen LogP contribution is -2.46. The number of esters is 1. The van der Waals surface area contributed by atoms with Crippen molar-refractivity contribution in [2.24, 2.45) is 5.73 Å². The van der Waals surface area contributed by atoms with Crippen molar-refractivity contribution in [3.05, 3.63) is 33.9 Å². The zero-order valence-electron chi connectivity index (χ0n) is 11.7. The number of nitrogens with two attached hydrogens (primary N) is 1. The van der Waals surface area contributed by atoms with E-state index in [1.807, 2.05) is 0 Å². The Morgan fingerprint density at radius 2 is 2.15 bits per heavy atom. The molecule has 1 aromatic rings. The van der Waals surface area contributed by atoms with Crippen molar-refractivity contribution < 1.29 is 19.2 Å². The van der Waals surface area contributed by atoms with Crippen molar-refractivity contribution in [3.63, 3.8) is 0 Å². The molecule has 110 valence electrons. The zero-order valence-corrected chi connectivity index (χ0v) is 11.7. The fraction of sp³-hybridized carbons (Fsp3) is 0.462. The van der Waals surface area contributed by atoms with E-state index in [9.17, 15) is 14.9 Å². The minimum atomic E-state index is -1.19. The number of carbonyl (C=O) groups is 1. The number of ether oxygens (including phenoxy) is 2. The lowest BCUT2D eigenvalue weighted by Gasteiger charge is -2.21. The van der Waals surface area contributed by atoms with Crippen LogP contribution in [0, 0.1) is 17.0 Å². The summed E-state index contributed by atoms with van der Waals surface area (Å²) in [5.41, 5.74) is 5.02. The van der Waals surface area contributed by atoms with Crippen LogP contribution in [0.4, 0.5) is 5.69 Å². The maximum atomic E-state index is 11.4. The fourth-order valence-electron chi connectivity index (χ4n) is 1.69. The van der Waals surface area contributed by atoms with Gasteiger partial charge in [0.25, 0.3) is 0 Å². The van der Waals surface area contributed by atoms with Gasteiger partial charge in [0.15, 0.2) is 5.75 Å². The molecule has 20 heavy (non-hydrogen) atoms. The molecule has 0 heterocycles. The molecule has 0 bridgehead atoms. The van der Waals surface area contributed by atoms with Crippen LogP contribution in [-0.4, -0.2) is 30.1 Å². The molecule has 0 radical (unpaired) electrons. The summed E-state index contributed by atoms with van der Waals surface area (Å²) in [6.45, 7) is 3.23. The summed E-state index contributed by atoms with van der Waals surface area (Å²) >= 11 is 0. The summed E-state index contributed by atoms with van der Waals surface area (Å²) < 4.78 is 9.95. The van der Waals surface area contributed by atoms with E-state index in [1.54, 1.807) is 19.1 Å². The van der Waals surface area contributed by atoms with Gasteiger partial charge in [0.1, 0.15) is 5.54 Å². The van der Waals surface area contributed by atoms with E-state index in [-0.39, 0.29) is 24.5 Å². The summed E-state index contributed by atoms with van der Waals surface area (Å²) in [6, 6.07) is 4.81. The van der Waals surface area contributed by atoms with E-state index in [1.165, 1.54) is 20.1 Å². The Balaban J connectivity index is 2.75. The maximum absolute atomic E-state index is 11.4. The van der Waals surface area contributed by atoms with E-state index in [2.05, 4.69) is 4.74 Å². The topological polar surface area (TPSA) is 105 Å². The van der Waals surface area contributed by atoms with Gasteiger partial charge in [-0.05, 0) is 19.9 Å². The molecule has 1 atom stereocenters. The Bertz CT molecular complexity index is 513. The number of para-hydroxylation sites is 1. The molecule has 0 aliphatic rings. The Morgan fingerprint density at radius 3 is 2.70 bits per heavy atom. The molecule has 0 aliphatic carbocycles. The summed E-state index contributed by atoms with van der Waals surface area (Å²) in [6.07, 6.45) is 0.185. The van der Waals surface area contributed by atoms with E-state index in [4.69, 9.17) is 10.5 Å². The van der Waals surface area contributed by atoms with E-state index in [0.29, 0.717) is 5.56 Å². The van der Waals surface area contributed by atoms with Crippen molar-refractivity contribution >= 4 is 11.7 Å². The average Bonchev–Trinajstić information content (AvgIpc) is 2.37. The van der Waals surface area contributed by atoms with Crippen LogP contribution >= 0.6 is 0 Å². The summed E-state index contributed by atoms with van der Waals surface area (Å²) in [4.78, 5) is 21.9. The quantitative estimate of drug-likeness (QED) is 0.482. The predicted octanol–water partition coefficient (Wildman–Crippen LogP) is 1.56. The van der Waals surface area contributed by atoms with Gasteiger partial charge in [0.2, 0.25) is 0 Å². The number of carbonyl (C=O) groups excluding carboxylic acids is 1. The molecule has 0 aromatic heterocycles. The van der Waals surface area contributed by atoms with Crippen LogP contribution in [0.25, 0.3) is 0 Å². The second-order valence-electron chi connectivity index (χ2n) is 4.69. The van der Waals surface area contributed by atoms with Crippen molar-refractivity contribution in [2.75, 3.05) is 13.7 Å². The monoisotopic (exact) mass is 282 g/mol. The molecule has 2 N–H and O–H groups in total. The number of aryl methyl sites for hydroxylation is 1. The first-order valence-electron chi connectivity index (χ1n) is 6.03. The number of hydrogen-bond acceptors (Lipinski definition) is 6. The summed E-state index contributed by atoms with van der Waals surface area (Å²) in [5, 5.41) is 11.0. The van der Waals surface area contributed by atoms with Crippen LogP contribution in [0.1, 0.15) is 18.9 Å². The van der Waals surface area contributed by atoms with E-state index in [0.717, 1.165) is 0 Å². The van der Waals surface area contributed by atoms with Gasteiger partial charge in [0.05, 0.1) is 18.6 Å². The van der Waals surface area contributed by atoms with Crippen LogP contribution in [0.3, 0.4) is 0 Å². The molecule has 0 amide bonds. The highest BCUT2D eigenvalue weighted by molar-refractivity contribution is 5.79. The highest BCUT2D eigenvalue weighted by Crippen LogP contribution is 2.30. The zero-order chi connectivity index (χ0) is 15.3. The Labute approximate surface area is 116 Å². The second-order valence-corrected chi connectivity index (χ2v) is 4.69. The third-order valence-electron chi connectivity index (χ3n) is 2.91. The number of nitrogens with zero attached hydrogens (tertiary/aromatic N) is 1. The van der Waals surface area contributed by atoms with Gasteiger partial charge in [-0.1, -0.05) is 12.1 Å². The molecule has 0 fully saturated rings. The highest BCUT2D eigenvalue weighted by Gasteiger charge is 2.29. The summed E-state index contributed by atoms with van der Waals surface area (Å²) in [5.74, 6) is -0.393. The van der Waals surface area contributed by atoms with Gasteiger partial charge in [0, 0.05) is 12.0 Å². The SMILES string of the molecule is COC(=O)C(C)(N)CCOc1cccc(C)c1[N+](=O)[O-]. The van der Waals surface area contributed by atoms with E-state index >= 15 is 0 Å². The molecule has 7 heteroatoms. The molecule has 0 aliphatic heterocycles. The number of nitro groups is 1. The molecule has 1 unspecified atom stereocenters. The van der Waals surface area contributed by atoms with Crippen molar-refractivity contribution in [1.82, 2.24) is 0 Å². The summed E-state index contributed by atoms with van der Waals surface area (Å²) in [7, 11) is 1.25. The van der Waals surface area contributed by atoms with Crippen molar-refractivity contribution in [1.29, 1.82) is 0 Å². The van der Waals surface area contributed by atoms with Gasteiger partial charge in [-0.25, -0.2) is 0 Å². The maximum Gasteiger partial charge on any atom is 0.325 e. The van der Waals surface area contributed by atoms with Gasteiger partial charge in [-0.2, -0.15) is 0 Å². The standard InChI is InChI=1S/C13H18N2O5/c1-9-5-4-6-10(11(9)15(17)18)20-8-7-13(2,14)12(16)19-3/h4-6H,7-8,14H2,1-3H3. The lowest BCUT2D eigenvalue weighted by atomic mass is 10.0. The average molecular weight is 282 g/mol. The Hall–Kier alpha value is -2.15. The van der Waals surface area contributed by atoms with Gasteiger partial charge < -0.3 is 15.2 Å². The van der Waals surface area contributed by atoms with Crippen LogP contribution in [0.2, 0.25) is 0 Å². The Morgan fingerprint density at radius 1 is 1.50 bits per heavy atom. The third-order valence-corrected chi connectivity index (χ3v) is 2.91. The van der Waals surface area contributed by atoms with Crippen LogP contribution in [-0.2, 0) is 9.53 Å². The molecule has 0 spiro atoms. The molecular weight excluding hydrogens is 264 g/mol. The number of methoxy groups -OCH3 is 1. The van der Waals surface area contributed by atoms with Crippen LogP contribution in [0.15, 0.2) is 18.2 Å². The van der Waals surface area contributed by atoms with Crippen LogP contribution < -0.4 is 10.5 Å². The number of hydrogen-bond donors (Lipinski definition) is 1. The molecular formula is C13H18N2O5. The molecule has 0 saturated carbocycles. The minimum Gasteiger partial charge on any atom is -0.487 e. The van der Waals surface area contributed by atoms with Gasteiger partial charge in [-0.3, -0.25) is 14.9 Å². The fourth-order valence-corrected chi connectivity index (χ4v) is 1.69. The predicted molar refractivity (Wildman–Crippen MR) is 72.6 cm³/mol. The van der Waals surface area contributed by atoms with Crippen molar-refractivity contribution in [2.45, 2.75) is 25.8 Å². The van der Waals surface area contributed by atoms with E-state index < -0.39 is 16.4 Å². The molecule has 1 aromatic carbocycles. The Kier molecular flexibility index (Phi) is 5.04. The smallest absolute Gasteiger partial charge is 0.325 e. The molecule has 1 rings (SSSR count). The largest absolute Gasteiger partial charge is 0.487 e. The number of rotatable bonds is 6. The molecule has 0 saturated heterocycles. The highest BCUT2D eigenvalue weighted by atomic mass is 16.6. The minimum absolute atomic E-state index is 0.0758. The van der Waals surface area contributed by atoms with Gasteiger partial charge >= 0.3 is 11.7 Å². The first-order chi connectivity index (χ1) is 9.29. The second kappa shape index (κ2) is 6.33. The van der Waals surface area contributed by atoms with Crippen molar-refractivity contribution in [3.8, 4) is 5.75 Å². The first-order valence-corrected chi connectivity index (χ1v) is 6.03. The first kappa shape index (κ1) is 15.9. The van der Waals surface area contributed by atoms with Gasteiger partial charge in [-0.15, -0.1) is 0 Å². The third kappa shape index (κ3) is 3.67. The van der Waals surface area contributed by atoms with Crippen LogP contribution in [0.5, 0.6) is 5.75 Å². The number of nitro benzene ring substituents is 1. The lowest BCUT2D eigenvalue weighted by molar-refractivity contribution is -0.386.